The van der Waals surface area contributed by atoms with Crippen LogP contribution in [0.3, 0.4) is 0 Å². The topological polar surface area (TPSA) is 92.2 Å². The molecule has 0 saturated heterocycles. The van der Waals surface area contributed by atoms with E-state index in [1.807, 2.05) is 0 Å². The number of rotatable bonds is 3. The number of hydrogen-bond acceptors (Lipinski definition) is 4. The second-order valence-corrected chi connectivity index (χ2v) is 3.54. The van der Waals surface area contributed by atoms with Crippen molar-refractivity contribution in [2.45, 2.75) is 0 Å². The van der Waals surface area contributed by atoms with Crippen LogP contribution in [0.4, 0.5) is 10.2 Å². The van der Waals surface area contributed by atoms with Gasteiger partial charge in [0.2, 0.25) is 0 Å². The number of carbonyl (C=O) groups excluding carboxylic acids is 1. The number of carboxylic acids is 1. The Labute approximate surface area is 106 Å². The normalized spacial score (nSPS) is 9.95. The van der Waals surface area contributed by atoms with Crippen LogP contribution in [0.5, 0.6) is 0 Å². The SMILES string of the molecule is O=C(O)c1cnccc1C(=O)Nc1ccc(F)cn1. The van der Waals surface area contributed by atoms with Crippen LogP contribution in [-0.2, 0) is 0 Å². The quantitative estimate of drug-likeness (QED) is 0.874. The molecule has 7 heteroatoms. The third-order valence-electron chi connectivity index (χ3n) is 2.27. The fourth-order valence-corrected chi connectivity index (χ4v) is 1.40. The molecule has 96 valence electrons. The van der Waals surface area contributed by atoms with Crippen molar-refractivity contribution in [3.63, 3.8) is 0 Å². The van der Waals surface area contributed by atoms with Crippen molar-refractivity contribution < 1.29 is 19.1 Å². The smallest absolute Gasteiger partial charge is 0.338 e. The molecule has 0 bridgehead atoms. The average molecular weight is 261 g/mol. The minimum absolute atomic E-state index is 0.0476. The van der Waals surface area contributed by atoms with Crippen molar-refractivity contribution in [1.29, 1.82) is 0 Å². The summed E-state index contributed by atoms with van der Waals surface area (Å²) in [6.45, 7) is 0. The van der Waals surface area contributed by atoms with E-state index in [0.29, 0.717) is 0 Å². The summed E-state index contributed by atoms with van der Waals surface area (Å²) in [4.78, 5) is 30.1. The van der Waals surface area contributed by atoms with Crippen LogP contribution in [-0.4, -0.2) is 27.0 Å². The van der Waals surface area contributed by atoms with Crippen LogP contribution in [0, 0.1) is 5.82 Å². The highest BCUT2D eigenvalue weighted by atomic mass is 19.1. The van der Waals surface area contributed by atoms with Gasteiger partial charge in [-0.25, -0.2) is 14.2 Å². The van der Waals surface area contributed by atoms with E-state index in [4.69, 9.17) is 5.11 Å². The van der Waals surface area contributed by atoms with Crippen molar-refractivity contribution >= 4 is 17.7 Å². The molecule has 0 fully saturated rings. The minimum Gasteiger partial charge on any atom is -0.478 e. The highest BCUT2D eigenvalue weighted by molar-refractivity contribution is 6.10. The van der Waals surface area contributed by atoms with Crippen LogP contribution in [0.25, 0.3) is 0 Å². The molecule has 0 aromatic carbocycles. The van der Waals surface area contributed by atoms with Crippen LogP contribution in [0.2, 0.25) is 0 Å². The number of halogens is 1. The Hall–Kier alpha value is -2.83. The van der Waals surface area contributed by atoms with Gasteiger partial charge in [-0.1, -0.05) is 0 Å². The van der Waals surface area contributed by atoms with Crippen molar-refractivity contribution in [2.75, 3.05) is 5.32 Å². The molecule has 0 aliphatic rings. The molecule has 0 radical (unpaired) electrons. The van der Waals surface area contributed by atoms with E-state index < -0.39 is 17.7 Å². The van der Waals surface area contributed by atoms with Gasteiger partial charge in [-0.05, 0) is 18.2 Å². The van der Waals surface area contributed by atoms with E-state index in [9.17, 15) is 14.0 Å². The molecule has 0 aliphatic heterocycles. The van der Waals surface area contributed by atoms with E-state index in [0.717, 1.165) is 18.5 Å². The van der Waals surface area contributed by atoms with Crippen LogP contribution in [0.15, 0.2) is 36.8 Å². The average Bonchev–Trinajstić information content (AvgIpc) is 2.41. The fourth-order valence-electron chi connectivity index (χ4n) is 1.40. The van der Waals surface area contributed by atoms with E-state index in [1.165, 1.54) is 18.3 Å². The van der Waals surface area contributed by atoms with Crippen molar-refractivity contribution in [2.24, 2.45) is 0 Å². The summed E-state index contributed by atoms with van der Waals surface area (Å²) in [5, 5.41) is 11.3. The van der Waals surface area contributed by atoms with Crippen molar-refractivity contribution in [1.82, 2.24) is 9.97 Å². The Kier molecular flexibility index (Phi) is 3.46. The van der Waals surface area contributed by atoms with Gasteiger partial charge in [0.25, 0.3) is 5.91 Å². The first-order chi connectivity index (χ1) is 9.08. The number of amides is 1. The van der Waals surface area contributed by atoms with Crippen LogP contribution in [0.1, 0.15) is 20.7 Å². The second-order valence-electron chi connectivity index (χ2n) is 3.54. The van der Waals surface area contributed by atoms with Gasteiger partial charge in [-0.3, -0.25) is 9.78 Å². The maximum Gasteiger partial charge on any atom is 0.338 e. The first-order valence-electron chi connectivity index (χ1n) is 5.18. The molecular formula is C12H8FN3O3. The number of hydrogen-bond donors (Lipinski definition) is 2. The lowest BCUT2D eigenvalue weighted by Crippen LogP contribution is -2.17. The molecule has 2 rings (SSSR count). The van der Waals surface area contributed by atoms with Crippen molar-refractivity contribution in [3.8, 4) is 0 Å². The number of nitrogens with one attached hydrogen (secondary N) is 1. The Morgan fingerprint density at radius 2 is 1.95 bits per heavy atom. The third-order valence-corrected chi connectivity index (χ3v) is 2.27. The molecule has 0 saturated carbocycles. The largest absolute Gasteiger partial charge is 0.478 e. The second kappa shape index (κ2) is 5.21. The molecule has 0 unspecified atom stereocenters. The Morgan fingerprint density at radius 1 is 1.16 bits per heavy atom. The van der Waals surface area contributed by atoms with E-state index in [2.05, 4.69) is 15.3 Å². The monoisotopic (exact) mass is 261 g/mol. The summed E-state index contributed by atoms with van der Waals surface area (Å²) in [6.07, 6.45) is 3.33. The van der Waals surface area contributed by atoms with Crippen LogP contribution < -0.4 is 5.32 Å². The van der Waals surface area contributed by atoms with Gasteiger partial charge in [0, 0.05) is 12.4 Å². The highest BCUT2D eigenvalue weighted by Crippen LogP contribution is 2.10. The molecular weight excluding hydrogens is 253 g/mol. The maximum atomic E-state index is 12.7. The number of carboxylic acid groups (broad SMARTS) is 1. The number of aromatic nitrogens is 2. The molecule has 2 aromatic heterocycles. The van der Waals surface area contributed by atoms with Gasteiger partial charge in [0.15, 0.2) is 0 Å². The van der Waals surface area contributed by atoms with Gasteiger partial charge in [-0.15, -0.1) is 0 Å². The number of nitrogens with zero attached hydrogens (tertiary/aromatic N) is 2. The summed E-state index contributed by atoms with van der Waals surface area (Å²) in [6, 6.07) is 3.68. The lowest BCUT2D eigenvalue weighted by molar-refractivity contribution is 0.0692. The van der Waals surface area contributed by atoms with Gasteiger partial charge < -0.3 is 10.4 Å². The van der Waals surface area contributed by atoms with Crippen LogP contribution >= 0.6 is 0 Å². The molecule has 0 spiro atoms. The Morgan fingerprint density at radius 3 is 2.58 bits per heavy atom. The van der Waals surface area contributed by atoms with E-state index in [1.54, 1.807) is 0 Å². The predicted octanol–water partition coefficient (Wildman–Crippen LogP) is 1.57. The summed E-state index contributed by atoms with van der Waals surface area (Å²) in [5.74, 6) is -2.32. The summed E-state index contributed by atoms with van der Waals surface area (Å²) >= 11 is 0. The number of aromatic carboxylic acids is 1. The molecule has 19 heavy (non-hydrogen) atoms. The molecule has 2 aromatic rings. The van der Waals surface area contributed by atoms with Gasteiger partial charge in [0.1, 0.15) is 11.6 Å². The number of anilines is 1. The van der Waals surface area contributed by atoms with Gasteiger partial charge in [0.05, 0.1) is 17.3 Å². The standard InChI is InChI=1S/C12H8FN3O3/c13-7-1-2-10(15-5-7)16-11(17)8-3-4-14-6-9(8)12(18)19/h1-6H,(H,18,19)(H,15,16,17). The first-order valence-corrected chi connectivity index (χ1v) is 5.18. The van der Waals surface area contributed by atoms with Gasteiger partial charge >= 0.3 is 5.97 Å². The summed E-state index contributed by atoms with van der Waals surface area (Å²) < 4.78 is 12.7. The zero-order valence-corrected chi connectivity index (χ0v) is 9.50. The summed E-state index contributed by atoms with van der Waals surface area (Å²) in [7, 11) is 0. The fraction of sp³-hybridized carbons (Fsp3) is 0. The summed E-state index contributed by atoms with van der Waals surface area (Å²) in [5.41, 5.74) is -0.268. The number of pyridine rings is 2. The predicted molar refractivity (Wildman–Crippen MR) is 63.3 cm³/mol. The van der Waals surface area contributed by atoms with Gasteiger partial charge in [-0.2, -0.15) is 0 Å². The molecule has 0 atom stereocenters. The zero-order chi connectivity index (χ0) is 13.8. The molecule has 1 amide bonds. The number of carbonyl (C=O) groups is 2. The molecule has 2 N–H and O–H groups in total. The van der Waals surface area contributed by atoms with E-state index >= 15 is 0 Å². The lowest BCUT2D eigenvalue weighted by Gasteiger charge is -2.06. The maximum absolute atomic E-state index is 12.7. The van der Waals surface area contributed by atoms with Crippen molar-refractivity contribution in [3.05, 3.63) is 53.7 Å². The zero-order valence-electron chi connectivity index (χ0n) is 9.50. The molecule has 6 nitrogen and oxygen atoms in total. The van der Waals surface area contributed by atoms with E-state index in [-0.39, 0.29) is 16.9 Å². The molecule has 2 heterocycles. The first kappa shape index (κ1) is 12.6. The Bertz CT molecular complexity index is 628. The highest BCUT2D eigenvalue weighted by Gasteiger charge is 2.16. The Balaban J connectivity index is 2.25. The lowest BCUT2D eigenvalue weighted by atomic mass is 10.1. The third kappa shape index (κ3) is 2.89. The minimum atomic E-state index is -1.26. The molecule has 0 aliphatic carbocycles.